The first-order valence-electron chi connectivity index (χ1n) is 6.04. The van der Waals surface area contributed by atoms with Gasteiger partial charge in [0.1, 0.15) is 0 Å². The normalized spacial score (nSPS) is 19.6. The van der Waals surface area contributed by atoms with Gasteiger partial charge in [-0.05, 0) is 44.0 Å². The highest BCUT2D eigenvalue weighted by molar-refractivity contribution is 5.34. The highest BCUT2D eigenvalue weighted by Crippen LogP contribution is 2.35. The number of methoxy groups -OCH3 is 1. The van der Waals surface area contributed by atoms with Gasteiger partial charge in [-0.3, -0.25) is 0 Å². The molecule has 16 heavy (non-hydrogen) atoms. The Hall–Kier alpha value is -0.860. The molecule has 0 bridgehead atoms. The molecule has 1 fully saturated rings. The van der Waals surface area contributed by atoms with Crippen molar-refractivity contribution in [3.8, 4) is 0 Å². The average molecular weight is 219 g/mol. The predicted octanol–water partition coefficient (Wildman–Crippen LogP) is 2.26. The maximum atomic E-state index is 5.47. The fourth-order valence-corrected chi connectivity index (χ4v) is 2.84. The fourth-order valence-electron chi connectivity index (χ4n) is 2.84. The molecule has 0 amide bonds. The van der Waals surface area contributed by atoms with E-state index in [2.05, 4.69) is 36.5 Å². The summed E-state index contributed by atoms with van der Waals surface area (Å²) in [6, 6.07) is 8.72. The Labute approximate surface area is 98.0 Å². The van der Waals surface area contributed by atoms with Gasteiger partial charge in [0.15, 0.2) is 0 Å². The summed E-state index contributed by atoms with van der Waals surface area (Å²) < 4.78 is 5.47. The average Bonchev–Trinajstić information content (AvgIpc) is 2.31. The lowest BCUT2D eigenvalue weighted by atomic mass is 9.72. The molecule has 2 rings (SSSR count). The number of ether oxygens (including phenoxy) is 1. The minimum atomic E-state index is 0.228. The van der Waals surface area contributed by atoms with Gasteiger partial charge in [0.05, 0.1) is 6.61 Å². The summed E-state index contributed by atoms with van der Waals surface area (Å²) in [6.07, 6.45) is 2.34. The lowest BCUT2D eigenvalue weighted by molar-refractivity contribution is 0.107. The van der Waals surface area contributed by atoms with Crippen LogP contribution in [0.2, 0.25) is 0 Å². The SMILES string of the molecule is COCC1(c2ccccc2C)CCNCC1. The molecule has 1 heterocycles. The lowest BCUT2D eigenvalue weighted by Crippen LogP contribution is -2.43. The van der Waals surface area contributed by atoms with Gasteiger partial charge in [-0.15, -0.1) is 0 Å². The fraction of sp³-hybridized carbons (Fsp3) is 0.571. The number of aryl methyl sites for hydroxylation is 1. The maximum absolute atomic E-state index is 5.47. The zero-order valence-electron chi connectivity index (χ0n) is 10.3. The van der Waals surface area contributed by atoms with Gasteiger partial charge in [-0.25, -0.2) is 0 Å². The van der Waals surface area contributed by atoms with E-state index in [0.717, 1.165) is 19.7 Å². The summed E-state index contributed by atoms with van der Waals surface area (Å²) in [7, 11) is 1.81. The first kappa shape index (κ1) is 11.6. The van der Waals surface area contributed by atoms with Crippen LogP contribution in [-0.4, -0.2) is 26.8 Å². The number of benzene rings is 1. The van der Waals surface area contributed by atoms with Gasteiger partial charge in [0, 0.05) is 12.5 Å². The van der Waals surface area contributed by atoms with E-state index in [4.69, 9.17) is 4.74 Å². The number of hydrogen-bond donors (Lipinski definition) is 1. The molecule has 0 unspecified atom stereocenters. The molecule has 0 atom stereocenters. The second-order valence-electron chi connectivity index (χ2n) is 4.78. The number of rotatable bonds is 3. The Kier molecular flexibility index (Phi) is 3.62. The third kappa shape index (κ3) is 2.13. The lowest BCUT2D eigenvalue weighted by Gasteiger charge is -2.38. The van der Waals surface area contributed by atoms with Gasteiger partial charge in [0.25, 0.3) is 0 Å². The first-order valence-corrected chi connectivity index (χ1v) is 6.04. The molecule has 1 aliphatic heterocycles. The standard InChI is InChI=1S/C14H21NO/c1-12-5-3-4-6-13(12)14(11-16-2)7-9-15-10-8-14/h3-6,15H,7-11H2,1-2H3. The van der Waals surface area contributed by atoms with Gasteiger partial charge in [0.2, 0.25) is 0 Å². The molecule has 1 aliphatic rings. The van der Waals surface area contributed by atoms with Gasteiger partial charge < -0.3 is 10.1 Å². The monoisotopic (exact) mass is 219 g/mol. The van der Waals surface area contributed by atoms with Crippen LogP contribution in [0.3, 0.4) is 0 Å². The van der Waals surface area contributed by atoms with Crippen LogP contribution in [0.15, 0.2) is 24.3 Å². The molecule has 1 saturated heterocycles. The second kappa shape index (κ2) is 4.98. The Morgan fingerprint density at radius 1 is 1.25 bits per heavy atom. The molecule has 2 nitrogen and oxygen atoms in total. The molecular formula is C14H21NO. The quantitative estimate of drug-likeness (QED) is 0.842. The maximum Gasteiger partial charge on any atom is 0.0560 e. The first-order chi connectivity index (χ1) is 7.78. The summed E-state index contributed by atoms with van der Waals surface area (Å²) in [6.45, 7) is 5.23. The van der Waals surface area contributed by atoms with E-state index in [-0.39, 0.29) is 5.41 Å². The third-order valence-corrected chi connectivity index (χ3v) is 3.70. The van der Waals surface area contributed by atoms with Crippen molar-refractivity contribution in [2.75, 3.05) is 26.8 Å². The van der Waals surface area contributed by atoms with Crippen LogP contribution in [-0.2, 0) is 10.2 Å². The van der Waals surface area contributed by atoms with Crippen molar-refractivity contribution in [2.24, 2.45) is 0 Å². The van der Waals surface area contributed by atoms with Crippen LogP contribution in [0.1, 0.15) is 24.0 Å². The van der Waals surface area contributed by atoms with Crippen molar-refractivity contribution < 1.29 is 4.74 Å². The van der Waals surface area contributed by atoms with Crippen LogP contribution in [0.5, 0.6) is 0 Å². The topological polar surface area (TPSA) is 21.3 Å². The molecule has 0 aromatic heterocycles. The minimum absolute atomic E-state index is 0.228. The molecule has 0 spiro atoms. The van der Waals surface area contributed by atoms with Crippen molar-refractivity contribution in [3.63, 3.8) is 0 Å². The Morgan fingerprint density at radius 2 is 1.94 bits per heavy atom. The zero-order valence-corrected chi connectivity index (χ0v) is 10.3. The molecule has 0 aliphatic carbocycles. The van der Waals surface area contributed by atoms with Crippen molar-refractivity contribution in [1.29, 1.82) is 0 Å². The molecule has 1 aromatic carbocycles. The van der Waals surface area contributed by atoms with Crippen molar-refractivity contribution in [3.05, 3.63) is 35.4 Å². The molecule has 2 heteroatoms. The molecule has 0 saturated carbocycles. The highest BCUT2D eigenvalue weighted by Gasteiger charge is 2.34. The molecule has 1 aromatic rings. The zero-order chi connectivity index (χ0) is 11.4. The van der Waals surface area contributed by atoms with E-state index in [9.17, 15) is 0 Å². The molecule has 88 valence electrons. The van der Waals surface area contributed by atoms with Crippen molar-refractivity contribution in [1.82, 2.24) is 5.32 Å². The number of piperidine rings is 1. The minimum Gasteiger partial charge on any atom is -0.384 e. The highest BCUT2D eigenvalue weighted by atomic mass is 16.5. The Morgan fingerprint density at radius 3 is 2.56 bits per heavy atom. The number of nitrogens with one attached hydrogen (secondary N) is 1. The Balaban J connectivity index is 2.34. The van der Waals surface area contributed by atoms with Crippen LogP contribution in [0.4, 0.5) is 0 Å². The summed E-state index contributed by atoms with van der Waals surface area (Å²) >= 11 is 0. The summed E-state index contributed by atoms with van der Waals surface area (Å²) in [5.41, 5.74) is 3.09. The summed E-state index contributed by atoms with van der Waals surface area (Å²) in [4.78, 5) is 0. The molecular weight excluding hydrogens is 198 g/mol. The van der Waals surface area contributed by atoms with Crippen LogP contribution >= 0.6 is 0 Å². The molecule has 1 N–H and O–H groups in total. The smallest absolute Gasteiger partial charge is 0.0560 e. The molecule has 0 radical (unpaired) electrons. The van der Waals surface area contributed by atoms with Crippen molar-refractivity contribution in [2.45, 2.75) is 25.2 Å². The van der Waals surface area contributed by atoms with Gasteiger partial charge in [-0.1, -0.05) is 24.3 Å². The van der Waals surface area contributed by atoms with Crippen LogP contribution in [0, 0.1) is 6.92 Å². The summed E-state index contributed by atoms with van der Waals surface area (Å²) in [5, 5.41) is 3.43. The van der Waals surface area contributed by atoms with Crippen LogP contribution < -0.4 is 5.32 Å². The van der Waals surface area contributed by atoms with Gasteiger partial charge in [-0.2, -0.15) is 0 Å². The van der Waals surface area contributed by atoms with E-state index in [1.807, 2.05) is 7.11 Å². The largest absolute Gasteiger partial charge is 0.384 e. The predicted molar refractivity (Wildman–Crippen MR) is 66.8 cm³/mol. The van der Waals surface area contributed by atoms with Gasteiger partial charge >= 0.3 is 0 Å². The Bertz CT molecular complexity index is 337. The third-order valence-electron chi connectivity index (χ3n) is 3.70. The number of hydrogen-bond acceptors (Lipinski definition) is 2. The van der Waals surface area contributed by atoms with Crippen molar-refractivity contribution >= 4 is 0 Å². The van der Waals surface area contributed by atoms with E-state index in [1.54, 1.807) is 0 Å². The van der Waals surface area contributed by atoms with E-state index in [0.29, 0.717) is 0 Å². The summed E-state index contributed by atoms with van der Waals surface area (Å²) in [5.74, 6) is 0. The van der Waals surface area contributed by atoms with E-state index < -0.39 is 0 Å². The van der Waals surface area contributed by atoms with E-state index >= 15 is 0 Å². The van der Waals surface area contributed by atoms with E-state index in [1.165, 1.54) is 24.0 Å². The van der Waals surface area contributed by atoms with Crippen LogP contribution in [0.25, 0.3) is 0 Å². The second-order valence-corrected chi connectivity index (χ2v) is 4.78.